The minimum Gasteiger partial charge on any atom is -0.444 e. The van der Waals surface area contributed by atoms with Crippen molar-refractivity contribution in [3.63, 3.8) is 0 Å². The summed E-state index contributed by atoms with van der Waals surface area (Å²) in [5.74, 6) is 0.868. The van der Waals surface area contributed by atoms with E-state index in [9.17, 15) is 4.79 Å². The van der Waals surface area contributed by atoms with E-state index in [1.807, 2.05) is 42.1 Å². The molecule has 165 valence electrons. The average molecular weight is 465 g/mol. The fraction of sp³-hybridized carbons (Fsp3) is 0.524. The summed E-state index contributed by atoms with van der Waals surface area (Å²) in [7, 11) is 0. The van der Waals surface area contributed by atoms with Crippen molar-refractivity contribution in [2.75, 3.05) is 18.0 Å². The number of imidazole rings is 1. The molecule has 0 bridgehead atoms. The van der Waals surface area contributed by atoms with Crippen molar-refractivity contribution in [3.05, 3.63) is 36.5 Å². The number of hydrogen-bond donors (Lipinski definition) is 2. The molecular formula is C21H27N7NaO2S. The molecule has 0 aromatic carbocycles. The third-order valence-electron chi connectivity index (χ3n) is 6.21. The molecule has 0 saturated carbocycles. The molecule has 3 aromatic heterocycles. The Morgan fingerprint density at radius 2 is 2.00 bits per heavy atom. The van der Waals surface area contributed by atoms with E-state index in [0.717, 1.165) is 54.7 Å². The first-order valence-corrected chi connectivity index (χ1v) is 11.0. The Labute approximate surface area is 214 Å². The Balaban J connectivity index is 0.00000245. The molecule has 5 rings (SSSR count). The second kappa shape index (κ2) is 8.55. The Morgan fingerprint density at radius 1 is 1.25 bits per heavy atom. The number of anilines is 1. The summed E-state index contributed by atoms with van der Waals surface area (Å²) in [4.78, 5) is 24.6. The summed E-state index contributed by atoms with van der Waals surface area (Å²) < 4.78 is 9.54. The van der Waals surface area contributed by atoms with Gasteiger partial charge in [0.05, 0.1) is 16.6 Å². The van der Waals surface area contributed by atoms with Crippen LogP contribution in [0.3, 0.4) is 0 Å². The molecule has 32 heavy (non-hydrogen) atoms. The summed E-state index contributed by atoms with van der Waals surface area (Å²) in [5.41, 5.74) is 1.20. The largest absolute Gasteiger partial charge is 0.444 e. The molecule has 1 amide bonds. The number of fused-ring (bicyclic) bond motifs is 2. The van der Waals surface area contributed by atoms with Gasteiger partial charge >= 0.3 is 6.09 Å². The molecule has 11 heteroatoms. The van der Waals surface area contributed by atoms with Crippen LogP contribution in [0.4, 0.5) is 10.7 Å². The molecule has 9 nitrogen and oxygen atoms in total. The van der Waals surface area contributed by atoms with Crippen LogP contribution in [-0.4, -0.2) is 78.5 Å². The number of piperidine rings is 1. The molecule has 0 aliphatic carbocycles. The molecule has 0 unspecified atom stereocenters. The number of alkyl carbamates (subject to hydrolysis) is 1. The van der Waals surface area contributed by atoms with Crippen LogP contribution in [0, 0.1) is 5.41 Å². The van der Waals surface area contributed by atoms with Gasteiger partial charge in [0.25, 0.3) is 0 Å². The molecule has 1 radical (unpaired) electrons. The van der Waals surface area contributed by atoms with Crippen molar-refractivity contribution < 1.29 is 9.53 Å². The maximum absolute atomic E-state index is 12.6. The molecule has 1 fully saturated rings. The van der Waals surface area contributed by atoms with Crippen molar-refractivity contribution in [1.29, 1.82) is 0 Å². The maximum atomic E-state index is 12.6. The summed E-state index contributed by atoms with van der Waals surface area (Å²) in [6.07, 6.45) is 8.64. The van der Waals surface area contributed by atoms with Gasteiger partial charge < -0.3 is 15.0 Å². The molecular weight excluding hydrogens is 437 g/mol. The van der Waals surface area contributed by atoms with Crippen molar-refractivity contribution in [3.8, 4) is 0 Å². The van der Waals surface area contributed by atoms with Gasteiger partial charge in [-0.15, -0.1) is 12.6 Å². The molecule has 2 aliphatic rings. The van der Waals surface area contributed by atoms with Crippen LogP contribution in [0.1, 0.15) is 45.3 Å². The number of carbonyl (C=O) groups is 1. The number of nitrogens with one attached hydrogen (secondary N) is 1. The van der Waals surface area contributed by atoms with Gasteiger partial charge in [0.15, 0.2) is 5.65 Å². The van der Waals surface area contributed by atoms with E-state index in [1.54, 1.807) is 18.6 Å². The molecule has 1 N–H and O–H groups in total. The SMILES string of the molecule is CC(C)(C)OC(=O)N[C@@H]1c2ccnn2CC12CCN(c1ncc(S)c3nccn13)CC2.[Na]. The van der Waals surface area contributed by atoms with Crippen LogP contribution in [0.15, 0.2) is 35.7 Å². The zero-order valence-corrected chi connectivity index (χ0v) is 21.8. The van der Waals surface area contributed by atoms with Gasteiger partial charge in [-0.2, -0.15) is 5.10 Å². The minimum absolute atomic E-state index is 0. The van der Waals surface area contributed by atoms with E-state index in [2.05, 4.69) is 37.9 Å². The van der Waals surface area contributed by atoms with Gasteiger partial charge in [-0.05, 0) is 39.7 Å². The van der Waals surface area contributed by atoms with E-state index in [1.165, 1.54) is 0 Å². The first-order valence-electron chi connectivity index (χ1n) is 10.5. The number of amides is 1. The third kappa shape index (κ3) is 4.13. The molecule has 3 aromatic rings. The van der Waals surface area contributed by atoms with Gasteiger partial charge in [-0.1, -0.05) is 0 Å². The van der Waals surface area contributed by atoms with Gasteiger partial charge in [0, 0.05) is 79.4 Å². The number of ether oxygens (including phenoxy) is 1. The van der Waals surface area contributed by atoms with Crippen molar-refractivity contribution >= 4 is 59.9 Å². The van der Waals surface area contributed by atoms with E-state index in [0.29, 0.717) is 0 Å². The number of rotatable bonds is 2. The molecule has 1 saturated heterocycles. The van der Waals surface area contributed by atoms with Crippen molar-refractivity contribution in [1.82, 2.24) is 29.5 Å². The Hall–Kier alpha value is -1.75. The third-order valence-corrected chi connectivity index (χ3v) is 6.53. The average Bonchev–Trinajstić information content (AvgIpc) is 3.40. The Bertz CT molecular complexity index is 1130. The Kier molecular flexibility index (Phi) is 6.26. The normalized spacial score (nSPS) is 19.6. The summed E-state index contributed by atoms with van der Waals surface area (Å²) in [6.45, 7) is 8.05. The van der Waals surface area contributed by atoms with Crippen molar-refractivity contribution in [2.45, 2.75) is 56.7 Å². The molecule has 1 spiro atoms. The molecule has 2 aliphatic heterocycles. The van der Waals surface area contributed by atoms with E-state index >= 15 is 0 Å². The molecule has 1 atom stereocenters. The van der Waals surface area contributed by atoms with Crippen LogP contribution in [0.5, 0.6) is 0 Å². The Morgan fingerprint density at radius 3 is 2.72 bits per heavy atom. The predicted molar refractivity (Wildman–Crippen MR) is 124 cm³/mol. The second-order valence-corrected chi connectivity index (χ2v) is 9.89. The quantitative estimate of drug-likeness (QED) is 0.448. The summed E-state index contributed by atoms with van der Waals surface area (Å²) in [6, 6.07) is 1.86. The standard InChI is InChI=1S/C21H27N7O2S.Na/c1-20(2,3)30-19(29)25-16-14-4-7-24-28(14)13-21(16)5-9-26(10-6-21)18-23-12-15(31)17-22-8-11-27(17)18;/h4,7-8,11-12,16,31H,5-6,9-10,13H2,1-3H3,(H,25,29);/t16-;/m1./s1. The van der Waals surface area contributed by atoms with Gasteiger partial charge in [0.1, 0.15) is 5.60 Å². The van der Waals surface area contributed by atoms with Gasteiger partial charge in [0.2, 0.25) is 5.95 Å². The number of hydrogen-bond acceptors (Lipinski definition) is 7. The van der Waals surface area contributed by atoms with Crippen molar-refractivity contribution in [2.24, 2.45) is 5.41 Å². The number of thiol groups is 1. The summed E-state index contributed by atoms with van der Waals surface area (Å²) >= 11 is 4.46. The first kappa shape index (κ1) is 23.4. The van der Waals surface area contributed by atoms with Crippen LogP contribution in [0.2, 0.25) is 0 Å². The fourth-order valence-corrected chi connectivity index (χ4v) is 5.03. The maximum Gasteiger partial charge on any atom is 0.408 e. The number of carbonyl (C=O) groups excluding carboxylic acids is 1. The van der Waals surface area contributed by atoms with E-state index in [-0.39, 0.29) is 47.1 Å². The zero-order valence-electron chi connectivity index (χ0n) is 18.9. The van der Waals surface area contributed by atoms with Crippen LogP contribution in [0.25, 0.3) is 5.65 Å². The second-order valence-electron chi connectivity index (χ2n) is 9.41. The molecule has 5 heterocycles. The number of aromatic nitrogens is 5. The fourth-order valence-electron chi connectivity index (χ4n) is 4.80. The summed E-state index contributed by atoms with van der Waals surface area (Å²) in [5, 5.41) is 7.62. The van der Waals surface area contributed by atoms with Crippen LogP contribution >= 0.6 is 12.6 Å². The van der Waals surface area contributed by atoms with E-state index in [4.69, 9.17) is 4.74 Å². The predicted octanol–water partition coefficient (Wildman–Crippen LogP) is 2.70. The first-order chi connectivity index (χ1) is 14.8. The van der Waals surface area contributed by atoms with E-state index < -0.39 is 5.60 Å². The monoisotopic (exact) mass is 464 g/mol. The van der Waals surface area contributed by atoms with Gasteiger partial charge in [-0.25, -0.2) is 14.8 Å². The zero-order chi connectivity index (χ0) is 21.8. The van der Waals surface area contributed by atoms with Crippen LogP contribution < -0.4 is 10.2 Å². The van der Waals surface area contributed by atoms with Crippen LogP contribution in [-0.2, 0) is 11.3 Å². The topological polar surface area (TPSA) is 89.6 Å². The minimum atomic E-state index is -0.541. The van der Waals surface area contributed by atoms with Gasteiger partial charge in [-0.3, -0.25) is 9.08 Å². The number of nitrogens with zero attached hydrogens (tertiary/aromatic N) is 6. The smallest absolute Gasteiger partial charge is 0.408 e.